The van der Waals surface area contributed by atoms with E-state index in [0.717, 1.165) is 11.8 Å². The molecule has 2 aromatic carbocycles. The number of nitrogens with zero attached hydrogens (tertiary/aromatic N) is 4. The first-order chi connectivity index (χ1) is 15.7. The topological polar surface area (TPSA) is 115 Å². The SMILES string of the molecule is CCN(C(=O)CSc1nc2cc([N+](=O)[O-])ccc2n1-c1ccc(F)cc1)C1CCS(=O)(=O)C1. The number of nitro groups is 1. The number of non-ortho nitro benzene ring substituents is 1. The lowest BCUT2D eigenvalue weighted by Crippen LogP contribution is -2.42. The summed E-state index contributed by atoms with van der Waals surface area (Å²) in [6.07, 6.45) is 0.421. The Kier molecular flexibility index (Phi) is 6.39. The maximum Gasteiger partial charge on any atom is 0.271 e. The zero-order chi connectivity index (χ0) is 23.8. The smallest absolute Gasteiger partial charge is 0.271 e. The first-order valence-corrected chi connectivity index (χ1v) is 13.0. The van der Waals surface area contributed by atoms with Gasteiger partial charge in [-0.25, -0.2) is 17.8 Å². The number of amides is 1. The Hall–Kier alpha value is -2.99. The molecule has 174 valence electrons. The lowest BCUT2D eigenvalue weighted by molar-refractivity contribution is -0.384. The van der Waals surface area contributed by atoms with E-state index in [1.807, 2.05) is 0 Å². The molecule has 1 aliphatic rings. The summed E-state index contributed by atoms with van der Waals surface area (Å²) in [6.45, 7) is 2.19. The van der Waals surface area contributed by atoms with Gasteiger partial charge in [0.25, 0.3) is 5.69 Å². The highest BCUT2D eigenvalue weighted by atomic mass is 32.2. The van der Waals surface area contributed by atoms with E-state index in [1.165, 1.54) is 24.3 Å². The molecule has 3 aromatic rings. The summed E-state index contributed by atoms with van der Waals surface area (Å²) in [5.74, 6) is -0.568. The molecule has 0 N–H and O–H groups in total. The van der Waals surface area contributed by atoms with Gasteiger partial charge in [0.2, 0.25) is 5.91 Å². The van der Waals surface area contributed by atoms with Crippen molar-refractivity contribution in [2.24, 2.45) is 0 Å². The number of halogens is 1. The predicted molar refractivity (Wildman–Crippen MR) is 123 cm³/mol. The average Bonchev–Trinajstić information content (AvgIpc) is 3.32. The van der Waals surface area contributed by atoms with Crippen LogP contribution in [0.3, 0.4) is 0 Å². The Bertz CT molecular complexity index is 1320. The quantitative estimate of drug-likeness (QED) is 0.283. The molecule has 1 atom stereocenters. The second-order valence-corrected chi connectivity index (χ2v) is 10.8. The number of aromatic nitrogens is 2. The van der Waals surface area contributed by atoms with Crippen LogP contribution in [0.25, 0.3) is 16.7 Å². The first kappa shape index (κ1) is 23.2. The minimum Gasteiger partial charge on any atom is -0.338 e. The van der Waals surface area contributed by atoms with Crippen LogP contribution < -0.4 is 0 Å². The zero-order valence-electron chi connectivity index (χ0n) is 17.7. The van der Waals surface area contributed by atoms with E-state index in [4.69, 9.17) is 0 Å². The van der Waals surface area contributed by atoms with Crippen molar-refractivity contribution in [1.29, 1.82) is 0 Å². The molecule has 4 rings (SSSR count). The van der Waals surface area contributed by atoms with Crippen molar-refractivity contribution in [1.82, 2.24) is 14.5 Å². The van der Waals surface area contributed by atoms with Crippen LogP contribution in [-0.4, -0.2) is 63.5 Å². The van der Waals surface area contributed by atoms with Crippen LogP contribution in [0, 0.1) is 15.9 Å². The molecule has 1 saturated heterocycles. The maximum absolute atomic E-state index is 13.5. The zero-order valence-corrected chi connectivity index (χ0v) is 19.3. The third-order valence-corrected chi connectivity index (χ3v) is 8.21. The number of imidazole rings is 1. The van der Waals surface area contributed by atoms with Gasteiger partial charge in [-0.05, 0) is 43.7 Å². The van der Waals surface area contributed by atoms with Gasteiger partial charge >= 0.3 is 0 Å². The molecule has 33 heavy (non-hydrogen) atoms. The molecule has 12 heteroatoms. The number of nitro benzene ring substituents is 1. The van der Waals surface area contributed by atoms with E-state index in [0.29, 0.717) is 34.8 Å². The molecule has 1 aliphatic heterocycles. The summed E-state index contributed by atoms with van der Waals surface area (Å²) in [6, 6.07) is 9.66. The lowest BCUT2D eigenvalue weighted by Gasteiger charge is -2.26. The van der Waals surface area contributed by atoms with Crippen LogP contribution in [0.4, 0.5) is 10.1 Å². The van der Waals surface area contributed by atoms with E-state index in [-0.39, 0.29) is 34.9 Å². The molecule has 1 amide bonds. The van der Waals surface area contributed by atoms with Crippen LogP contribution in [-0.2, 0) is 14.6 Å². The number of sulfone groups is 1. The second kappa shape index (κ2) is 9.10. The van der Waals surface area contributed by atoms with E-state index in [9.17, 15) is 27.7 Å². The van der Waals surface area contributed by atoms with Crippen molar-refractivity contribution in [3.05, 3.63) is 58.4 Å². The van der Waals surface area contributed by atoms with Gasteiger partial charge < -0.3 is 4.90 Å². The molecule has 0 radical (unpaired) electrons. The minimum atomic E-state index is -3.13. The highest BCUT2D eigenvalue weighted by Crippen LogP contribution is 2.31. The summed E-state index contributed by atoms with van der Waals surface area (Å²) in [4.78, 5) is 29.7. The van der Waals surface area contributed by atoms with Crippen molar-refractivity contribution in [3.63, 3.8) is 0 Å². The van der Waals surface area contributed by atoms with Crippen LogP contribution >= 0.6 is 11.8 Å². The molecule has 0 saturated carbocycles. The number of hydrogen-bond acceptors (Lipinski definition) is 7. The fourth-order valence-electron chi connectivity index (χ4n) is 3.97. The van der Waals surface area contributed by atoms with Gasteiger partial charge in [0, 0.05) is 30.4 Å². The van der Waals surface area contributed by atoms with E-state index in [2.05, 4.69) is 4.98 Å². The minimum absolute atomic E-state index is 0.0109. The van der Waals surface area contributed by atoms with Gasteiger partial charge in [0.15, 0.2) is 15.0 Å². The Balaban J connectivity index is 1.64. The van der Waals surface area contributed by atoms with Gasteiger partial charge in [0.1, 0.15) is 5.82 Å². The van der Waals surface area contributed by atoms with Gasteiger partial charge in [-0.15, -0.1) is 0 Å². The predicted octanol–water partition coefficient (Wildman–Crippen LogP) is 3.20. The molecule has 0 bridgehead atoms. The van der Waals surface area contributed by atoms with Gasteiger partial charge in [-0.2, -0.15) is 0 Å². The Morgan fingerprint density at radius 1 is 1.30 bits per heavy atom. The fraction of sp³-hybridized carbons (Fsp3) is 0.333. The number of rotatable bonds is 7. The van der Waals surface area contributed by atoms with Gasteiger partial charge in [-0.3, -0.25) is 19.5 Å². The van der Waals surface area contributed by atoms with Crippen LogP contribution in [0.2, 0.25) is 0 Å². The highest BCUT2D eigenvalue weighted by molar-refractivity contribution is 7.99. The third kappa shape index (κ3) is 4.86. The molecular weight excluding hydrogens is 471 g/mol. The van der Waals surface area contributed by atoms with Crippen molar-refractivity contribution in [2.75, 3.05) is 23.8 Å². The van der Waals surface area contributed by atoms with Crippen LogP contribution in [0.1, 0.15) is 13.3 Å². The molecule has 2 heterocycles. The number of benzene rings is 2. The summed E-state index contributed by atoms with van der Waals surface area (Å²) in [5, 5.41) is 11.6. The molecule has 0 spiro atoms. The molecular formula is C21H21FN4O5S2. The van der Waals surface area contributed by atoms with E-state index < -0.39 is 20.6 Å². The number of carbonyl (C=O) groups excluding carboxylic acids is 1. The normalized spacial score (nSPS) is 17.3. The Labute approximate surface area is 193 Å². The van der Waals surface area contributed by atoms with Crippen molar-refractivity contribution < 1.29 is 22.5 Å². The molecule has 1 aromatic heterocycles. The van der Waals surface area contributed by atoms with Crippen molar-refractivity contribution >= 4 is 44.2 Å². The maximum atomic E-state index is 13.5. The monoisotopic (exact) mass is 492 g/mol. The highest BCUT2D eigenvalue weighted by Gasteiger charge is 2.34. The van der Waals surface area contributed by atoms with E-state index in [1.54, 1.807) is 34.6 Å². The number of thioether (sulfide) groups is 1. The van der Waals surface area contributed by atoms with Crippen LogP contribution in [0.5, 0.6) is 0 Å². The fourth-order valence-corrected chi connectivity index (χ4v) is 6.61. The Morgan fingerprint density at radius 2 is 2.03 bits per heavy atom. The largest absolute Gasteiger partial charge is 0.338 e. The molecule has 0 aliphatic carbocycles. The summed E-state index contributed by atoms with van der Waals surface area (Å²) in [7, 11) is -3.13. The summed E-state index contributed by atoms with van der Waals surface area (Å²) >= 11 is 1.14. The van der Waals surface area contributed by atoms with Gasteiger partial charge in [0.05, 0.1) is 33.2 Å². The lowest BCUT2D eigenvalue weighted by atomic mass is 10.2. The molecule has 1 unspecified atom stereocenters. The van der Waals surface area contributed by atoms with E-state index >= 15 is 0 Å². The molecule has 1 fully saturated rings. The van der Waals surface area contributed by atoms with Gasteiger partial charge in [-0.1, -0.05) is 11.8 Å². The summed E-state index contributed by atoms with van der Waals surface area (Å²) in [5.41, 5.74) is 1.43. The first-order valence-electron chi connectivity index (χ1n) is 10.2. The van der Waals surface area contributed by atoms with Crippen LogP contribution in [0.15, 0.2) is 47.6 Å². The number of fused-ring (bicyclic) bond motifs is 1. The number of carbonyl (C=O) groups is 1. The van der Waals surface area contributed by atoms with Crippen molar-refractivity contribution in [2.45, 2.75) is 24.5 Å². The summed E-state index contributed by atoms with van der Waals surface area (Å²) < 4.78 is 38.9. The third-order valence-electron chi connectivity index (χ3n) is 5.54. The average molecular weight is 493 g/mol. The van der Waals surface area contributed by atoms with Crippen molar-refractivity contribution in [3.8, 4) is 5.69 Å². The standard InChI is InChI=1S/C21H21FN4O5S2/c1-2-24(17-9-10-33(30,31)13-17)20(27)12-32-21-23-18-11-16(26(28)29)7-8-19(18)25(21)15-5-3-14(22)4-6-15/h3-8,11,17H,2,9-10,12-13H2,1H3. The number of hydrogen-bond donors (Lipinski definition) is 0. The molecule has 9 nitrogen and oxygen atoms in total. The second-order valence-electron chi connectivity index (χ2n) is 7.66. The Morgan fingerprint density at radius 3 is 2.64 bits per heavy atom.